The Hall–Kier alpha value is -4.30. The van der Waals surface area contributed by atoms with Crippen molar-refractivity contribution in [3.05, 3.63) is 89.6 Å². The zero-order valence-corrected chi connectivity index (χ0v) is 23.1. The first kappa shape index (κ1) is 27.7. The third kappa shape index (κ3) is 6.78. The number of hydrogen-bond donors (Lipinski definition) is 1. The molecule has 0 fully saturated rings. The van der Waals surface area contributed by atoms with E-state index in [0.29, 0.717) is 33.9 Å². The van der Waals surface area contributed by atoms with Crippen LogP contribution in [0, 0.1) is 0 Å². The van der Waals surface area contributed by atoms with E-state index < -0.39 is 0 Å². The Kier molecular flexibility index (Phi) is 8.88. The summed E-state index contributed by atoms with van der Waals surface area (Å²) in [5.41, 5.74) is 3.07. The van der Waals surface area contributed by atoms with E-state index in [2.05, 4.69) is 5.32 Å². The third-order valence-corrected chi connectivity index (χ3v) is 6.45. The van der Waals surface area contributed by atoms with Crippen molar-refractivity contribution >= 4 is 29.4 Å². The Balaban J connectivity index is 1.63. The number of anilines is 1. The number of rotatable bonds is 10. The summed E-state index contributed by atoms with van der Waals surface area (Å²) in [6.45, 7) is 3.66. The van der Waals surface area contributed by atoms with Crippen LogP contribution in [0.5, 0.6) is 11.5 Å². The highest BCUT2D eigenvalue weighted by Crippen LogP contribution is 2.32. The standard InChI is InChI=1S/C30H31ClN4O4/c1-20(2)34(29(37)16-21-8-6-5-7-9-21)19-28(36)33-30-32-25(22-10-12-23(31)13-11-22)18-35(30)24-14-15-26(38-3)27(17-24)39-4/h5-15,17-18,20H,16,19H2,1-4H3,(H,32,33,36). The van der Waals surface area contributed by atoms with E-state index in [0.717, 1.165) is 11.1 Å². The van der Waals surface area contributed by atoms with Gasteiger partial charge < -0.3 is 14.4 Å². The first-order chi connectivity index (χ1) is 18.8. The molecule has 0 unspecified atom stereocenters. The van der Waals surface area contributed by atoms with Crippen molar-refractivity contribution in [1.29, 1.82) is 0 Å². The lowest BCUT2D eigenvalue weighted by molar-refractivity contribution is -0.135. The summed E-state index contributed by atoms with van der Waals surface area (Å²) in [6.07, 6.45) is 2.04. The van der Waals surface area contributed by atoms with E-state index in [1.807, 2.05) is 68.6 Å². The Morgan fingerprint density at radius 2 is 1.67 bits per heavy atom. The van der Waals surface area contributed by atoms with Crippen molar-refractivity contribution in [2.24, 2.45) is 0 Å². The summed E-state index contributed by atoms with van der Waals surface area (Å²) in [4.78, 5) is 32.6. The molecule has 1 aromatic heterocycles. The van der Waals surface area contributed by atoms with Gasteiger partial charge in [0.2, 0.25) is 17.8 Å². The monoisotopic (exact) mass is 546 g/mol. The third-order valence-electron chi connectivity index (χ3n) is 6.20. The number of imidazole rings is 1. The van der Waals surface area contributed by atoms with Crippen LogP contribution in [-0.2, 0) is 16.0 Å². The van der Waals surface area contributed by atoms with Gasteiger partial charge >= 0.3 is 0 Å². The SMILES string of the molecule is COc1ccc(-n2cc(-c3ccc(Cl)cc3)nc2NC(=O)CN(C(=O)Cc2ccccc2)C(C)C)cc1OC. The van der Waals surface area contributed by atoms with Gasteiger partial charge in [-0.15, -0.1) is 0 Å². The van der Waals surface area contributed by atoms with Crippen molar-refractivity contribution in [3.8, 4) is 28.4 Å². The number of benzene rings is 3. The number of methoxy groups -OCH3 is 2. The van der Waals surface area contributed by atoms with Crippen LogP contribution < -0.4 is 14.8 Å². The molecule has 1 heterocycles. The average Bonchev–Trinajstić information content (AvgIpc) is 3.35. The zero-order valence-electron chi connectivity index (χ0n) is 22.3. The quantitative estimate of drug-likeness (QED) is 0.279. The maximum absolute atomic E-state index is 13.3. The van der Waals surface area contributed by atoms with Gasteiger partial charge in [-0.2, -0.15) is 0 Å². The predicted octanol–water partition coefficient (Wildman–Crippen LogP) is 5.63. The number of carbonyl (C=O) groups is 2. The van der Waals surface area contributed by atoms with E-state index in [4.69, 9.17) is 26.1 Å². The van der Waals surface area contributed by atoms with Crippen LogP contribution in [0.25, 0.3) is 16.9 Å². The number of amides is 2. The molecule has 39 heavy (non-hydrogen) atoms. The number of aromatic nitrogens is 2. The van der Waals surface area contributed by atoms with Crippen LogP contribution in [-0.4, -0.2) is 53.1 Å². The van der Waals surface area contributed by atoms with E-state index in [1.165, 1.54) is 0 Å². The first-order valence-electron chi connectivity index (χ1n) is 12.5. The summed E-state index contributed by atoms with van der Waals surface area (Å²) >= 11 is 6.07. The highest BCUT2D eigenvalue weighted by Gasteiger charge is 2.22. The second kappa shape index (κ2) is 12.5. The molecule has 0 saturated carbocycles. The van der Waals surface area contributed by atoms with Crippen molar-refractivity contribution in [3.63, 3.8) is 0 Å². The minimum atomic E-state index is -0.361. The summed E-state index contributed by atoms with van der Waals surface area (Å²) in [5.74, 6) is 0.925. The van der Waals surface area contributed by atoms with Gasteiger partial charge in [-0.1, -0.05) is 54.1 Å². The molecular weight excluding hydrogens is 516 g/mol. The van der Waals surface area contributed by atoms with E-state index >= 15 is 0 Å². The fourth-order valence-electron chi connectivity index (χ4n) is 4.15. The van der Waals surface area contributed by atoms with Gasteiger partial charge in [0, 0.05) is 28.9 Å². The van der Waals surface area contributed by atoms with Gasteiger partial charge in [-0.05, 0) is 43.7 Å². The van der Waals surface area contributed by atoms with Crippen molar-refractivity contribution in [1.82, 2.24) is 14.5 Å². The smallest absolute Gasteiger partial charge is 0.246 e. The number of nitrogens with one attached hydrogen (secondary N) is 1. The van der Waals surface area contributed by atoms with Gasteiger partial charge in [-0.25, -0.2) is 4.98 Å². The van der Waals surface area contributed by atoms with Crippen LogP contribution in [0.1, 0.15) is 19.4 Å². The fraction of sp³-hybridized carbons (Fsp3) is 0.233. The number of nitrogens with zero attached hydrogens (tertiary/aromatic N) is 3. The molecule has 0 bridgehead atoms. The lowest BCUT2D eigenvalue weighted by atomic mass is 10.1. The molecule has 0 saturated heterocycles. The molecule has 2 amide bonds. The van der Waals surface area contributed by atoms with E-state index in [1.54, 1.807) is 48.0 Å². The average molecular weight is 547 g/mol. The Labute approximate surface area is 233 Å². The molecular formula is C30H31ClN4O4. The molecule has 0 spiro atoms. The van der Waals surface area contributed by atoms with Crippen LogP contribution in [0.4, 0.5) is 5.95 Å². The normalized spacial score (nSPS) is 10.8. The molecule has 4 rings (SSSR count). The molecule has 9 heteroatoms. The summed E-state index contributed by atoms with van der Waals surface area (Å²) in [7, 11) is 3.13. The lowest BCUT2D eigenvalue weighted by Crippen LogP contribution is -2.43. The van der Waals surface area contributed by atoms with Crippen LogP contribution in [0.2, 0.25) is 5.02 Å². The van der Waals surface area contributed by atoms with Crippen molar-refractivity contribution in [2.45, 2.75) is 26.3 Å². The Bertz CT molecular complexity index is 1440. The Morgan fingerprint density at radius 3 is 2.31 bits per heavy atom. The van der Waals surface area contributed by atoms with E-state index in [-0.39, 0.29) is 30.8 Å². The molecule has 3 aromatic carbocycles. The number of halogens is 1. The number of ether oxygens (including phenoxy) is 2. The number of hydrogen-bond acceptors (Lipinski definition) is 5. The second-order valence-electron chi connectivity index (χ2n) is 9.19. The van der Waals surface area contributed by atoms with Gasteiger partial charge in [0.1, 0.15) is 6.54 Å². The second-order valence-corrected chi connectivity index (χ2v) is 9.63. The van der Waals surface area contributed by atoms with Gasteiger partial charge in [0.15, 0.2) is 11.5 Å². The molecule has 0 atom stereocenters. The molecule has 0 aliphatic carbocycles. The largest absolute Gasteiger partial charge is 0.493 e. The van der Waals surface area contributed by atoms with Gasteiger partial charge in [-0.3, -0.25) is 19.5 Å². The molecule has 202 valence electrons. The van der Waals surface area contributed by atoms with Crippen LogP contribution in [0.15, 0.2) is 79.0 Å². The molecule has 1 N–H and O–H groups in total. The molecule has 0 radical (unpaired) electrons. The van der Waals surface area contributed by atoms with Gasteiger partial charge in [0.25, 0.3) is 0 Å². The minimum Gasteiger partial charge on any atom is -0.493 e. The predicted molar refractivity (Wildman–Crippen MR) is 153 cm³/mol. The molecule has 0 aliphatic heterocycles. The summed E-state index contributed by atoms with van der Waals surface area (Å²) in [5, 5.41) is 3.51. The van der Waals surface area contributed by atoms with Gasteiger partial charge in [0.05, 0.1) is 32.0 Å². The Morgan fingerprint density at radius 1 is 0.974 bits per heavy atom. The lowest BCUT2D eigenvalue weighted by Gasteiger charge is -2.26. The summed E-state index contributed by atoms with van der Waals surface area (Å²) < 4.78 is 12.6. The summed E-state index contributed by atoms with van der Waals surface area (Å²) in [6, 6.07) is 22.0. The minimum absolute atomic E-state index is 0.113. The maximum atomic E-state index is 13.3. The van der Waals surface area contributed by atoms with Crippen molar-refractivity contribution in [2.75, 3.05) is 26.1 Å². The topological polar surface area (TPSA) is 85.7 Å². The maximum Gasteiger partial charge on any atom is 0.246 e. The first-order valence-corrected chi connectivity index (χ1v) is 12.9. The highest BCUT2D eigenvalue weighted by molar-refractivity contribution is 6.30. The highest BCUT2D eigenvalue weighted by atomic mass is 35.5. The van der Waals surface area contributed by atoms with Crippen LogP contribution >= 0.6 is 11.6 Å². The number of carbonyl (C=O) groups excluding carboxylic acids is 2. The fourth-order valence-corrected chi connectivity index (χ4v) is 4.28. The van der Waals surface area contributed by atoms with Crippen LogP contribution in [0.3, 0.4) is 0 Å². The molecule has 4 aromatic rings. The zero-order chi connectivity index (χ0) is 27.9. The van der Waals surface area contributed by atoms with E-state index in [9.17, 15) is 9.59 Å². The molecule has 0 aliphatic rings. The molecule has 8 nitrogen and oxygen atoms in total. The van der Waals surface area contributed by atoms with Crippen molar-refractivity contribution < 1.29 is 19.1 Å².